The van der Waals surface area contributed by atoms with Crippen molar-refractivity contribution >= 4 is 38.2 Å². The Morgan fingerprint density at radius 3 is 2.46 bits per heavy atom. The maximum absolute atomic E-state index is 12.4. The highest BCUT2D eigenvalue weighted by molar-refractivity contribution is 7.86. The lowest BCUT2D eigenvalue weighted by Crippen LogP contribution is -2.14. The van der Waals surface area contributed by atoms with Crippen LogP contribution in [-0.4, -0.2) is 24.0 Å². The molecule has 3 aromatic rings. The third-order valence-corrected chi connectivity index (χ3v) is 4.83. The number of benzene rings is 3. The quantitative estimate of drug-likeness (QED) is 0.413. The SMILES string of the molecule is Cc1ccc(C(=O)Nc2cc(O)c3cccc(S(=O)(=O)O)c3c2)c(N)c1. The minimum atomic E-state index is -4.50. The third kappa shape index (κ3) is 3.32. The predicted molar refractivity (Wildman–Crippen MR) is 99.0 cm³/mol. The lowest BCUT2D eigenvalue weighted by Gasteiger charge is -2.11. The number of carbonyl (C=O) groups is 1. The molecule has 0 fully saturated rings. The molecule has 1 amide bonds. The van der Waals surface area contributed by atoms with E-state index in [-0.39, 0.29) is 32.7 Å². The highest BCUT2D eigenvalue weighted by atomic mass is 32.2. The van der Waals surface area contributed by atoms with Crippen LogP contribution in [0.3, 0.4) is 0 Å². The van der Waals surface area contributed by atoms with Crippen molar-refractivity contribution in [1.82, 2.24) is 0 Å². The topological polar surface area (TPSA) is 130 Å². The van der Waals surface area contributed by atoms with Gasteiger partial charge in [-0.05, 0) is 36.8 Å². The first-order valence-corrected chi connectivity index (χ1v) is 9.01. The van der Waals surface area contributed by atoms with E-state index in [4.69, 9.17) is 5.73 Å². The van der Waals surface area contributed by atoms with Gasteiger partial charge < -0.3 is 16.2 Å². The molecule has 0 aliphatic heterocycles. The average Bonchev–Trinajstić information content (AvgIpc) is 2.53. The van der Waals surface area contributed by atoms with Gasteiger partial charge in [-0.3, -0.25) is 9.35 Å². The van der Waals surface area contributed by atoms with Crippen LogP contribution in [0.5, 0.6) is 5.75 Å². The predicted octanol–water partition coefficient (Wildman–Crippen LogP) is 2.94. The summed E-state index contributed by atoms with van der Waals surface area (Å²) in [6.07, 6.45) is 0. The molecule has 0 atom stereocenters. The van der Waals surface area contributed by atoms with Crippen LogP contribution in [0.25, 0.3) is 10.8 Å². The molecule has 0 saturated heterocycles. The summed E-state index contributed by atoms with van der Waals surface area (Å²) >= 11 is 0. The van der Waals surface area contributed by atoms with Gasteiger partial charge in [-0.2, -0.15) is 8.42 Å². The zero-order chi connectivity index (χ0) is 19.1. The number of carbonyl (C=O) groups excluding carboxylic acids is 1. The smallest absolute Gasteiger partial charge is 0.295 e. The minimum Gasteiger partial charge on any atom is -0.507 e. The zero-order valence-electron chi connectivity index (χ0n) is 13.7. The Morgan fingerprint density at radius 2 is 1.81 bits per heavy atom. The second kappa shape index (κ2) is 6.32. The van der Waals surface area contributed by atoms with Gasteiger partial charge in [-0.25, -0.2) is 0 Å². The Hall–Kier alpha value is -3.10. The van der Waals surface area contributed by atoms with Crippen molar-refractivity contribution in [2.75, 3.05) is 11.1 Å². The summed E-state index contributed by atoms with van der Waals surface area (Å²) < 4.78 is 32.5. The van der Waals surface area contributed by atoms with E-state index < -0.39 is 16.0 Å². The molecule has 0 spiro atoms. The molecule has 0 unspecified atom stereocenters. The number of phenols is 1. The Morgan fingerprint density at radius 1 is 1.08 bits per heavy atom. The van der Waals surface area contributed by atoms with Crippen LogP contribution in [0.4, 0.5) is 11.4 Å². The van der Waals surface area contributed by atoms with E-state index in [0.717, 1.165) is 5.56 Å². The Kier molecular flexibility index (Phi) is 4.31. The van der Waals surface area contributed by atoms with Crippen molar-refractivity contribution in [1.29, 1.82) is 0 Å². The molecule has 26 heavy (non-hydrogen) atoms. The number of rotatable bonds is 3. The molecule has 134 valence electrons. The number of nitrogens with one attached hydrogen (secondary N) is 1. The number of aromatic hydroxyl groups is 1. The molecule has 5 N–H and O–H groups in total. The molecule has 7 nitrogen and oxygen atoms in total. The van der Waals surface area contributed by atoms with Crippen molar-refractivity contribution in [3.63, 3.8) is 0 Å². The highest BCUT2D eigenvalue weighted by Crippen LogP contribution is 2.33. The largest absolute Gasteiger partial charge is 0.507 e. The van der Waals surface area contributed by atoms with E-state index in [1.165, 1.54) is 30.3 Å². The fraction of sp³-hybridized carbons (Fsp3) is 0.0556. The van der Waals surface area contributed by atoms with E-state index >= 15 is 0 Å². The second-order valence-electron chi connectivity index (χ2n) is 5.87. The number of aryl methyl sites for hydroxylation is 1. The molecule has 0 aromatic heterocycles. The molecule has 8 heteroatoms. The van der Waals surface area contributed by atoms with Gasteiger partial charge in [0.2, 0.25) is 0 Å². The monoisotopic (exact) mass is 372 g/mol. The molecule has 0 aliphatic carbocycles. The van der Waals surface area contributed by atoms with Crippen LogP contribution < -0.4 is 11.1 Å². The van der Waals surface area contributed by atoms with Crippen molar-refractivity contribution in [2.24, 2.45) is 0 Å². The maximum atomic E-state index is 12.4. The van der Waals surface area contributed by atoms with Crippen molar-refractivity contribution in [3.8, 4) is 5.75 Å². The minimum absolute atomic E-state index is 0.0854. The molecule has 3 rings (SSSR count). The van der Waals surface area contributed by atoms with Crippen molar-refractivity contribution in [3.05, 3.63) is 59.7 Å². The number of hydrogen-bond acceptors (Lipinski definition) is 5. The summed E-state index contributed by atoms with van der Waals surface area (Å²) in [7, 11) is -4.50. The van der Waals surface area contributed by atoms with Gasteiger partial charge in [-0.1, -0.05) is 18.2 Å². The number of fused-ring (bicyclic) bond motifs is 1. The fourth-order valence-corrected chi connectivity index (χ4v) is 3.42. The number of nitrogens with two attached hydrogens (primary N) is 1. The first-order chi connectivity index (χ1) is 12.2. The third-order valence-electron chi connectivity index (χ3n) is 3.92. The second-order valence-corrected chi connectivity index (χ2v) is 7.26. The number of hydrogen-bond donors (Lipinski definition) is 4. The number of anilines is 2. The summed E-state index contributed by atoms with van der Waals surface area (Å²) in [5.74, 6) is -0.745. The van der Waals surface area contributed by atoms with Gasteiger partial charge in [0.05, 0.1) is 5.56 Å². The van der Waals surface area contributed by atoms with Gasteiger partial charge in [0.1, 0.15) is 10.6 Å². The van der Waals surface area contributed by atoms with E-state index in [1.54, 1.807) is 18.2 Å². The molecular weight excluding hydrogens is 356 g/mol. The van der Waals surface area contributed by atoms with E-state index in [9.17, 15) is 22.9 Å². The Bertz CT molecular complexity index is 1140. The van der Waals surface area contributed by atoms with Gasteiger partial charge in [0.15, 0.2) is 0 Å². The first-order valence-electron chi connectivity index (χ1n) is 7.57. The van der Waals surface area contributed by atoms with E-state index in [0.29, 0.717) is 5.69 Å². The standard InChI is InChI=1S/C18H16N2O5S/c1-10-5-6-13(15(19)7-10)18(22)20-11-8-14-12(16(21)9-11)3-2-4-17(14)26(23,24)25/h2-9,21H,19H2,1H3,(H,20,22)(H,23,24,25). The molecule has 0 bridgehead atoms. The highest BCUT2D eigenvalue weighted by Gasteiger charge is 2.17. The van der Waals surface area contributed by atoms with Gasteiger partial charge in [-0.15, -0.1) is 0 Å². The van der Waals surface area contributed by atoms with E-state index in [1.807, 2.05) is 6.92 Å². The molecule has 0 aliphatic rings. The molecular formula is C18H16N2O5S. The van der Waals surface area contributed by atoms with Crippen LogP contribution in [-0.2, 0) is 10.1 Å². The molecule has 0 heterocycles. The Balaban J connectivity index is 2.07. The summed E-state index contributed by atoms with van der Waals surface area (Å²) in [5, 5.41) is 13.1. The number of amides is 1. The van der Waals surface area contributed by atoms with Crippen LogP contribution >= 0.6 is 0 Å². The van der Waals surface area contributed by atoms with Crippen molar-refractivity contribution < 1.29 is 22.9 Å². The van der Waals surface area contributed by atoms with Crippen LogP contribution in [0.15, 0.2) is 53.4 Å². The number of nitrogen functional groups attached to an aromatic ring is 1. The summed E-state index contributed by atoms with van der Waals surface area (Å²) in [4.78, 5) is 12.1. The van der Waals surface area contributed by atoms with Crippen LogP contribution in [0.1, 0.15) is 15.9 Å². The molecule has 0 radical (unpaired) electrons. The summed E-state index contributed by atoms with van der Waals surface area (Å²) in [6, 6.07) is 11.7. The fourth-order valence-electron chi connectivity index (χ4n) is 2.72. The lowest BCUT2D eigenvalue weighted by atomic mass is 10.1. The summed E-state index contributed by atoms with van der Waals surface area (Å²) in [5.41, 5.74) is 7.47. The lowest BCUT2D eigenvalue weighted by molar-refractivity contribution is 0.102. The Labute approximate surface area is 149 Å². The molecule has 3 aromatic carbocycles. The van der Waals surface area contributed by atoms with Crippen molar-refractivity contribution in [2.45, 2.75) is 11.8 Å². The zero-order valence-corrected chi connectivity index (χ0v) is 14.5. The number of phenolic OH excluding ortho intramolecular Hbond substituents is 1. The first kappa shape index (κ1) is 17.7. The van der Waals surface area contributed by atoms with Gasteiger partial charge in [0, 0.05) is 28.2 Å². The molecule has 0 saturated carbocycles. The van der Waals surface area contributed by atoms with Gasteiger partial charge >= 0.3 is 0 Å². The van der Waals surface area contributed by atoms with Crippen LogP contribution in [0.2, 0.25) is 0 Å². The van der Waals surface area contributed by atoms with E-state index in [2.05, 4.69) is 5.32 Å². The van der Waals surface area contributed by atoms with Gasteiger partial charge in [0.25, 0.3) is 16.0 Å². The summed E-state index contributed by atoms with van der Waals surface area (Å²) in [6.45, 7) is 1.84. The van der Waals surface area contributed by atoms with Crippen LogP contribution in [0, 0.1) is 6.92 Å². The maximum Gasteiger partial charge on any atom is 0.295 e. The average molecular weight is 372 g/mol. The normalized spacial score (nSPS) is 11.5.